The third-order valence-corrected chi connectivity index (χ3v) is 6.49. The SMILES string of the molecule is COc1cccc(C2C3=C(OC4CCC(Cl)CC4C3=O)C(=O)N2c2ccccn2)c1. The fraction of sp³-hybridized carbons (Fsp3) is 0.348. The van der Waals surface area contributed by atoms with E-state index in [4.69, 9.17) is 21.1 Å². The van der Waals surface area contributed by atoms with Gasteiger partial charge in [0, 0.05) is 11.6 Å². The second-order valence-electron chi connectivity index (χ2n) is 7.82. The molecular formula is C23H21ClN2O4. The molecule has 2 aliphatic heterocycles. The third kappa shape index (κ3) is 2.98. The number of rotatable bonds is 3. The summed E-state index contributed by atoms with van der Waals surface area (Å²) in [6.45, 7) is 0. The minimum atomic E-state index is -0.623. The van der Waals surface area contributed by atoms with Gasteiger partial charge >= 0.3 is 0 Å². The van der Waals surface area contributed by atoms with Crippen LogP contribution in [0.15, 0.2) is 60.0 Å². The van der Waals surface area contributed by atoms with Crippen LogP contribution in [0.1, 0.15) is 30.9 Å². The molecule has 0 saturated heterocycles. The van der Waals surface area contributed by atoms with Gasteiger partial charge in [0.25, 0.3) is 5.91 Å². The van der Waals surface area contributed by atoms with Gasteiger partial charge in [0.1, 0.15) is 17.7 Å². The maximum absolute atomic E-state index is 13.6. The average molecular weight is 425 g/mol. The highest BCUT2D eigenvalue weighted by atomic mass is 35.5. The van der Waals surface area contributed by atoms with Gasteiger partial charge in [-0.1, -0.05) is 18.2 Å². The lowest BCUT2D eigenvalue weighted by molar-refractivity contribution is -0.131. The largest absolute Gasteiger partial charge is 0.497 e. The Kier molecular flexibility index (Phi) is 4.74. The molecule has 1 aromatic heterocycles. The second kappa shape index (κ2) is 7.43. The molecule has 30 heavy (non-hydrogen) atoms. The number of carbonyl (C=O) groups excluding carboxylic acids is 2. The Morgan fingerprint density at radius 1 is 1.17 bits per heavy atom. The van der Waals surface area contributed by atoms with Crippen LogP contribution in [0.5, 0.6) is 5.75 Å². The lowest BCUT2D eigenvalue weighted by Crippen LogP contribution is -2.41. The second-order valence-corrected chi connectivity index (χ2v) is 8.44. The molecule has 7 heteroatoms. The molecule has 3 aliphatic rings. The zero-order valence-electron chi connectivity index (χ0n) is 16.5. The number of Topliss-reactive ketones (excluding diaryl/α,β-unsaturated/α-hetero) is 1. The van der Waals surface area contributed by atoms with E-state index in [2.05, 4.69) is 4.98 Å². The zero-order chi connectivity index (χ0) is 20.8. The maximum Gasteiger partial charge on any atom is 0.295 e. The molecule has 154 valence electrons. The minimum absolute atomic E-state index is 0.0498. The first-order valence-electron chi connectivity index (χ1n) is 10.1. The molecule has 0 N–H and O–H groups in total. The maximum atomic E-state index is 13.6. The van der Waals surface area contributed by atoms with Gasteiger partial charge in [-0.25, -0.2) is 4.98 Å². The molecule has 6 nitrogen and oxygen atoms in total. The Balaban J connectivity index is 1.65. The Bertz CT molecular complexity index is 1040. The summed E-state index contributed by atoms with van der Waals surface area (Å²) in [5.74, 6) is 0.551. The summed E-state index contributed by atoms with van der Waals surface area (Å²) in [6, 6.07) is 12.1. The number of hydrogen-bond donors (Lipinski definition) is 0. The fourth-order valence-corrected chi connectivity index (χ4v) is 4.99. The molecule has 1 saturated carbocycles. The van der Waals surface area contributed by atoms with Crippen LogP contribution in [0.4, 0.5) is 5.82 Å². The van der Waals surface area contributed by atoms with Crippen molar-refractivity contribution in [3.05, 3.63) is 65.6 Å². The molecule has 4 unspecified atom stereocenters. The van der Waals surface area contributed by atoms with Gasteiger partial charge in [-0.05, 0) is 49.1 Å². The van der Waals surface area contributed by atoms with Crippen molar-refractivity contribution in [2.45, 2.75) is 36.8 Å². The number of carbonyl (C=O) groups is 2. The van der Waals surface area contributed by atoms with E-state index < -0.39 is 6.04 Å². The van der Waals surface area contributed by atoms with Crippen molar-refractivity contribution in [3.8, 4) is 5.75 Å². The van der Waals surface area contributed by atoms with Gasteiger partial charge < -0.3 is 9.47 Å². The van der Waals surface area contributed by atoms with Crippen LogP contribution in [-0.2, 0) is 14.3 Å². The number of aromatic nitrogens is 1. The molecule has 0 radical (unpaired) electrons. The van der Waals surface area contributed by atoms with E-state index in [0.29, 0.717) is 30.0 Å². The predicted octanol–water partition coefficient (Wildman–Crippen LogP) is 3.81. The standard InChI is InChI=1S/C23H21ClN2O4/c1-29-15-6-4-5-13(11-15)20-19-21(27)16-12-14(24)8-9-17(16)30-22(19)23(28)26(20)18-7-2-3-10-25-18/h2-7,10-11,14,16-17,20H,8-9,12H2,1H3. The van der Waals surface area contributed by atoms with Crippen molar-refractivity contribution in [1.82, 2.24) is 4.98 Å². The number of methoxy groups -OCH3 is 1. The number of benzene rings is 1. The number of alkyl halides is 1. The molecule has 0 bridgehead atoms. The summed E-state index contributed by atoms with van der Waals surface area (Å²) in [5, 5.41) is -0.0554. The highest BCUT2D eigenvalue weighted by Crippen LogP contribution is 2.48. The number of halogens is 1. The third-order valence-electron chi connectivity index (χ3n) is 6.09. The molecule has 1 aliphatic carbocycles. The van der Waals surface area contributed by atoms with E-state index in [1.165, 1.54) is 0 Å². The monoisotopic (exact) mass is 424 g/mol. The summed E-state index contributed by atoms with van der Waals surface area (Å²) >= 11 is 6.36. The zero-order valence-corrected chi connectivity index (χ0v) is 17.2. The van der Waals surface area contributed by atoms with Gasteiger partial charge in [-0.15, -0.1) is 11.6 Å². The number of pyridine rings is 1. The smallest absolute Gasteiger partial charge is 0.295 e. The summed E-state index contributed by atoms with van der Waals surface area (Å²) in [6.07, 6.45) is 3.33. The van der Waals surface area contributed by atoms with Gasteiger partial charge in [0.2, 0.25) is 0 Å². The molecule has 4 atom stereocenters. The van der Waals surface area contributed by atoms with Crippen LogP contribution < -0.4 is 9.64 Å². The van der Waals surface area contributed by atoms with E-state index in [9.17, 15) is 9.59 Å². The molecule has 3 heterocycles. The highest BCUT2D eigenvalue weighted by molar-refractivity contribution is 6.21. The number of ketones is 1. The topological polar surface area (TPSA) is 68.7 Å². The first kappa shape index (κ1) is 19.1. The van der Waals surface area contributed by atoms with Crippen LogP contribution in [0.3, 0.4) is 0 Å². The number of fused-ring (bicyclic) bond motifs is 1. The van der Waals surface area contributed by atoms with Crippen LogP contribution in [0.2, 0.25) is 0 Å². The van der Waals surface area contributed by atoms with Crippen LogP contribution in [0, 0.1) is 5.92 Å². The van der Waals surface area contributed by atoms with E-state index >= 15 is 0 Å². The summed E-state index contributed by atoms with van der Waals surface area (Å²) in [4.78, 5) is 33.0. The average Bonchev–Trinajstić information content (AvgIpc) is 3.07. The van der Waals surface area contributed by atoms with Crippen LogP contribution in [-0.4, -0.2) is 35.3 Å². The first-order chi connectivity index (χ1) is 14.6. The molecule has 1 amide bonds. The summed E-state index contributed by atoms with van der Waals surface area (Å²) < 4.78 is 11.5. The van der Waals surface area contributed by atoms with Crippen LogP contribution >= 0.6 is 11.6 Å². The number of hydrogen-bond acceptors (Lipinski definition) is 5. The van der Waals surface area contributed by atoms with Crippen molar-refractivity contribution >= 4 is 29.1 Å². The fourth-order valence-electron chi connectivity index (χ4n) is 4.68. The minimum Gasteiger partial charge on any atom is -0.497 e. The Hall–Kier alpha value is -2.86. The molecule has 0 spiro atoms. The molecule has 1 aromatic carbocycles. The van der Waals surface area contributed by atoms with E-state index in [1.54, 1.807) is 30.3 Å². The van der Waals surface area contributed by atoms with E-state index in [0.717, 1.165) is 12.0 Å². The normalized spacial score (nSPS) is 28.1. The van der Waals surface area contributed by atoms with Gasteiger partial charge in [0.05, 0.1) is 24.6 Å². The molecule has 1 fully saturated rings. The molecule has 5 rings (SSSR count). The van der Waals surface area contributed by atoms with Crippen LogP contribution in [0.25, 0.3) is 0 Å². The number of amides is 1. The van der Waals surface area contributed by atoms with Crippen molar-refractivity contribution < 1.29 is 19.1 Å². The van der Waals surface area contributed by atoms with Crippen molar-refractivity contribution in [3.63, 3.8) is 0 Å². The van der Waals surface area contributed by atoms with Gasteiger partial charge in [0.15, 0.2) is 11.5 Å². The van der Waals surface area contributed by atoms with E-state index in [-0.39, 0.29) is 34.8 Å². The van der Waals surface area contributed by atoms with Gasteiger partial charge in [-0.3, -0.25) is 14.5 Å². The first-order valence-corrected chi connectivity index (χ1v) is 10.5. The predicted molar refractivity (Wildman–Crippen MR) is 111 cm³/mol. The van der Waals surface area contributed by atoms with Crippen molar-refractivity contribution in [2.75, 3.05) is 12.0 Å². The lowest BCUT2D eigenvalue weighted by Gasteiger charge is -2.37. The quantitative estimate of drug-likeness (QED) is 0.701. The molecule has 2 aromatic rings. The van der Waals surface area contributed by atoms with Crippen molar-refractivity contribution in [2.24, 2.45) is 5.92 Å². The highest BCUT2D eigenvalue weighted by Gasteiger charge is 2.53. The Labute approximate surface area is 179 Å². The Morgan fingerprint density at radius 3 is 2.80 bits per heavy atom. The van der Waals surface area contributed by atoms with Gasteiger partial charge in [-0.2, -0.15) is 0 Å². The Morgan fingerprint density at radius 2 is 2.03 bits per heavy atom. The van der Waals surface area contributed by atoms with Crippen molar-refractivity contribution in [1.29, 1.82) is 0 Å². The number of anilines is 1. The lowest BCUT2D eigenvalue weighted by atomic mass is 9.77. The number of nitrogens with zero attached hydrogens (tertiary/aromatic N) is 2. The molecular weight excluding hydrogens is 404 g/mol. The number of ether oxygens (including phenoxy) is 2. The van der Waals surface area contributed by atoms with E-state index in [1.807, 2.05) is 30.3 Å². The summed E-state index contributed by atoms with van der Waals surface area (Å²) in [5.41, 5.74) is 1.16. The summed E-state index contributed by atoms with van der Waals surface area (Å²) in [7, 11) is 1.59.